The molecule has 0 saturated carbocycles. The van der Waals surface area contributed by atoms with E-state index in [0.29, 0.717) is 17.5 Å². The van der Waals surface area contributed by atoms with Gasteiger partial charge in [0.25, 0.3) is 0 Å². The van der Waals surface area contributed by atoms with Crippen molar-refractivity contribution in [1.29, 1.82) is 0 Å². The van der Waals surface area contributed by atoms with E-state index in [0.717, 1.165) is 49.6 Å². The van der Waals surface area contributed by atoms with Crippen molar-refractivity contribution in [2.75, 3.05) is 0 Å². The third kappa shape index (κ3) is 4.80. The fourth-order valence-corrected chi connectivity index (χ4v) is 7.96. The lowest BCUT2D eigenvalue weighted by molar-refractivity contribution is 0.669. The first-order valence-electron chi connectivity index (χ1n) is 17.9. The smallest absolute Gasteiger partial charge is 0.164 e. The van der Waals surface area contributed by atoms with Crippen LogP contribution in [0.15, 0.2) is 180 Å². The van der Waals surface area contributed by atoms with Crippen molar-refractivity contribution in [3.63, 3.8) is 0 Å². The summed E-state index contributed by atoms with van der Waals surface area (Å²) in [6.45, 7) is 0. The van der Waals surface area contributed by atoms with Crippen molar-refractivity contribution >= 4 is 65.0 Å². The molecule has 0 fully saturated rings. The molecule has 2 heterocycles. The van der Waals surface area contributed by atoms with Gasteiger partial charge in [-0.25, -0.2) is 15.0 Å². The highest BCUT2D eigenvalue weighted by atomic mass is 16.3. The summed E-state index contributed by atoms with van der Waals surface area (Å²) in [6, 6.07) is 61.7. The molecule has 11 aromatic rings. The lowest BCUT2D eigenvalue weighted by Gasteiger charge is -2.13. The van der Waals surface area contributed by atoms with Crippen LogP contribution in [0.2, 0.25) is 0 Å². The first-order valence-corrected chi connectivity index (χ1v) is 17.9. The highest BCUT2D eigenvalue weighted by Gasteiger charge is 2.19. The van der Waals surface area contributed by atoms with Crippen molar-refractivity contribution < 1.29 is 4.42 Å². The van der Waals surface area contributed by atoms with Gasteiger partial charge in [-0.1, -0.05) is 146 Å². The van der Waals surface area contributed by atoms with E-state index >= 15 is 0 Å². The molecule has 0 atom stereocenters. The molecule has 0 saturated heterocycles. The van der Waals surface area contributed by atoms with Gasteiger partial charge in [-0.2, -0.15) is 0 Å². The molecule has 0 bridgehead atoms. The zero-order chi connectivity index (χ0) is 34.9. The van der Waals surface area contributed by atoms with Gasteiger partial charge < -0.3 is 4.42 Å². The third-order valence-electron chi connectivity index (χ3n) is 10.5. The third-order valence-corrected chi connectivity index (χ3v) is 10.5. The van der Waals surface area contributed by atoms with Crippen molar-refractivity contribution in [2.45, 2.75) is 0 Å². The molecule has 0 aliphatic rings. The maximum absolute atomic E-state index is 6.65. The van der Waals surface area contributed by atoms with Gasteiger partial charge in [0.1, 0.15) is 11.2 Å². The number of benzene rings is 9. The predicted molar refractivity (Wildman–Crippen MR) is 219 cm³/mol. The molecule has 0 radical (unpaired) electrons. The fraction of sp³-hybridized carbons (Fsp3) is 0. The zero-order valence-electron chi connectivity index (χ0n) is 28.5. The Morgan fingerprint density at radius 2 is 0.943 bits per heavy atom. The van der Waals surface area contributed by atoms with Crippen LogP contribution >= 0.6 is 0 Å². The Morgan fingerprint density at radius 3 is 1.79 bits per heavy atom. The van der Waals surface area contributed by atoms with Crippen LogP contribution in [0.25, 0.3) is 110 Å². The maximum atomic E-state index is 6.65. The second kappa shape index (κ2) is 11.7. The number of aromatic nitrogens is 3. The lowest BCUT2D eigenvalue weighted by atomic mass is 9.90. The van der Waals surface area contributed by atoms with Crippen LogP contribution in [0.1, 0.15) is 0 Å². The number of hydrogen-bond donors (Lipinski definition) is 0. The van der Waals surface area contributed by atoms with Crippen LogP contribution in [-0.4, -0.2) is 15.0 Å². The number of furan rings is 1. The van der Waals surface area contributed by atoms with E-state index in [4.69, 9.17) is 19.4 Å². The molecule has 4 nitrogen and oxygen atoms in total. The van der Waals surface area contributed by atoms with E-state index < -0.39 is 0 Å². The Balaban J connectivity index is 1.11. The molecule has 0 spiro atoms. The predicted octanol–water partition coefficient (Wildman–Crippen LogP) is 13.1. The molecule has 53 heavy (non-hydrogen) atoms. The second-order valence-corrected chi connectivity index (χ2v) is 13.6. The highest BCUT2D eigenvalue weighted by Crippen LogP contribution is 2.42. The molecule has 0 amide bonds. The first kappa shape index (κ1) is 29.5. The Hall–Kier alpha value is -7.17. The summed E-state index contributed by atoms with van der Waals surface area (Å²) in [5, 5.41) is 11.8. The number of nitrogens with zero attached hydrogens (tertiary/aromatic N) is 3. The minimum Gasteiger partial charge on any atom is -0.456 e. The fourth-order valence-electron chi connectivity index (χ4n) is 7.96. The molecular weight excluding hydrogens is 647 g/mol. The Morgan fingerprint density at radius 1 is 0.302 bits per heavy atom. The first-order chi connectivity index (χ1) is 26.2. The molecule has 0 unspecified atom stereocenters. The standard InChI is InChI=1S/C49H29N3O/c1-2-13-32(14-3-1)47-50-48(36-22-21-30-11-4-5-15-33(30)27-36)52-49(51-47)41-19-10-20-43-46(41)40-26-24-35(29-44(40)53-43)42-28-34-16-7-9-18-38(34)45-37-17-8-6-12-31(37)23-25-39(42)45/h1-29H. The van der Waals surface area contributed by atoms with E-state index in [2.05, 4.69) is 133 Å². The number of hydrogen-bond acceptors (Lipinski definition) is 4. The topological polar surface area (TPSA) is 51.8 Å². The van der Waals surface area contributed by atoms with E-state index in [1.54, 1.807) is 0 Å². The number of fused-ring (bicyclic) bond motifs is 9. The molecule has 0 aliphatic carbocycles. The zero-order valence-corrected chi connectivity index (χ0v) is 28.5. The van der Waals surface area contributed by atoms with Gasteiger partial charge in [-0.3, -0.25) is 0 Å². The Labute approximate surface area is 304 Å². The van der Waals surface area contributed by atoms with Gasteiger partial charge >= 0.3 is 0 Å². The summed E-state index contributed by atoms with van der Waals surface area (Å²) in [4.78, 5) is 15.2. The van der Waals surface area contributed by atoms with E-state index in [1.807, 2.05) is 42.5 Å². The SMILES string of the molecule is c1ccc(-c2nc(-c3ccc4ccccc4c3)nc(-c3cccc4oc5cc(-c6cc7ccccc7c7c6ccc6ccccc67)ccc5c34)n2)cc1. The van der Waals surface area contributed by atoms with E-state index in [-0.39, 0.29) is 0 Å². The normalized spacial score (nSPS) is 11.8. The van der Waals surface area contributed by atoms with Crippen LogP contribution in [-0.2, 0) is 0 Å². The summed E-state index contributed by atoms with van der Waals surface area (Å²) in [6.07, 6.45) is 0. The van der Waals surface area contributed by atoms with Crippen LogP contribution in [0.4, 0.5) is 0 Å². The van der Waals surface area contributed by atoms with Crippen molar-refractivity contribution in [3.05, 3.63) is 176 Å². The van der Waals surface area contributed by atoms with Gasteiger partial charge in [0.15, 0.2) is 17.5 Å². The van der Waals surface area contributed by atoms with Crippen LogP contribution in [0, 0.1) is 0 Å². The largest absolute Gasteiger partial charge is 0.456 e. The minimum absolute atomic E-state index is 0.604. The molecule has 246 valence electrons. The molecule has 0 aliphatic heterocycles. The Bertz CT molecular complexity index is 3220. The summed E-state index contributed by atoms with van der Waals surface area (Å²) in [5.41, 5.74) is 6.66. The van der Waals surface area contributed by atoms with E-state index in [9.17, 15) is 0 Å². The average Bonchev–Trinajstić information content (AvgIpc) is 3.61. The molecule has 4 heteroatoms. The molecule has 11 rings (SSSR count). The van der Waals surface area contributed by atoms with Crippen LogP contribution < -0.4 is 0 Å². The van der Waals surface area contributed by atoms with E-state index in [1.165, 1.54) is 43.3 Å². The molecule has 2 aromatic heterocycles. The average molecular weight is 676 g/mol. The van der Waals surface area contributed by atoms with Gasteiger partial charge in [-0.05, 0) is 84.5 Å². The highest BCUT2D eigenvalue weighted by molar-refractivity contribution is 6.24. The molecular formula is C49H29N3O. The second-order valence-electron chi connectivity index (χ2n) is 13.6. The minimum atomic E-state index is 0.604. The Kier molecular flexibility index (Phi) is 6.52. The van der Waals surface area contributed by atoms with Gasteiger partial charge in [0.2, 0.25) is 0 Å². The monoisotopic (exact) mass is 675 g/mol. The van der Waals surface area contributed by atoms with Crippen molar-refractivity contribution in [1.82, 2.24) is 15.0 Å². The summed E-state index contributed by atoms with van der Waals surface area (Å²) >= 11 is 0. The van der Waals surface area contributed by atoms with Gasteiger partial charge in [0, 0.05) is 27.5 Å². The summed E-state index contributed by atoms with van der Waals surface area (Å²) in [5.74, 6) is 1.86. The van der Waals surface area contributed by atoms with Gasteiger partial charge in [-0.15, -0.1) is 0 Å². The molecule has 0 N–H and O–H groups in total. The number of rotatable bonds is 4. The lowest BCUT2D eigenvalue weighted by Crippen LogP contribution is -2.00. The summed E-state index contributed by atoms with van der Waals surface area (Å²) in [7, 11) is 0. The van der Waals surface area contributed by atoms with Gasteiger partial charge in [0.05, 0.1) is 0 Å². The van der Waals surface area contributed by atoms with Crippen LogP contribution in [0.3, 0.4) is 0 Å². The molecule has 9 aromatic carbocycles. The summed E-state index contributed by atoms with van der Waals surface area (Å²) < 4.78 is 6.65. The van der Waals surface area contributed by atoms with Crippen molar-refractivity contribution in [3.8, 4) is 45.3 Å². The maximum Gasteiger partial charge on any atom is 0.164 e. The quantitative estimate of drug-likeness (QED) is 0.174. The van der Waals surface area contributed by atoms with Crippen molar-refractivity contribution in [2.24, 2.45) is 0 Å². The van der Waals surface area contributed by atoms with Crippen LogP contribution in [0.5, 0.6) is 0 Å².